The van der Waals surface area contributed by atoms with Crippen molar-refractivity contribution in [3.05, 3.63) is 27.7 Å². The molecule has 21 heavy (non-hydrogen) atoms. The summed E-state index contributed by atoms with van der Waals surface area (Å²) in [5.41, 5.74) is 7.67. The van der Waals surface area contributed by atoms with Crippen LogP contribution in [0.3, 0.4) is 0 Å². The highest BCUT2D eigenvalue weighted by molar-refractivity contribution is 9.10. The number of carbonyl (C=O) groups is 2. The molecule has 1 rings (SSSR count). The van der Waals surface area contributed by atoms with Gasteiger partial charge in [0, 0.05) is 41.8 Å². The third-order valence-corrected chi connectivity index (χ3v) is 3.86. The summed E-state index contributed by atoms with van der Waals surface area (Å²) in [6, 6.07) is 3.49. The first-order valence-electron chi connectivity index (χ1n) is 7.02. The first kappa shape index (κ1) is 17.5. The summed E-state index contributed by atoms with van der Waals surface area (Å²) in [4.78, 5) is 25.7. The van der Waals surface area contributed by atoms with E-state index in [4.69, 9.17) is 5.73 Å². The van der Waals surface area contributed by atoms with Crippen molar-refractivity contribution < 1.29 is 9.59 Å². The van der Waals surface area contributed by atoms with Gasteiger partial charge in [0.2, 0.25) is 5.91 Å². The first-order valence-corrected chi connectivity index (χ1v) is 7.81. The van der Waals surface area contributed by atoms with Gasteiger partial charge in [-0.15, -0.1) is 0 Å². The minimum absolute atomic E-state index is 0.0470. The van der Waals surface area contributed by atoms with Gasteiger partial charge in [-0.05, 0) is 38.5 Å². The predicted molar refractivity (Wildman–Crippen MR) is 88.2 cm³/mol. The van der Waals surface area contributed by atoms with Crippen molar-refractivity contribution in [2.24, 2.45) is 0 Å². The molecule has 0 aliphatic heterocycles. The molecule has 0 heterocycles. The third-order valence-electron chi connectivity index (χ3n) is 3.40. The molecule has 0 aliphatic carbocycles. The topological polar surface area (TPSA) is 75.4 Å². The molecule has 0 radical (unpaired) electrons. The van der Waals surface area contributed by atoms with Crippen molar-refractivity contribution in [1.29, 1.82) is 0 Å². The summed E-state index contributed by atoms with van der Waals surface area (Å²) in [5.74, 6) is -0.168. The highest BCUT2D eigenvalue weighted by Crippen LogP contribution is 2.22. The van der Waals surface area contributed by atoms with E-state index in [0.717, 1.165) is 10.0 Å². The maximum atomic E-state index is 12.1. The van der Waals surface area contributed by atoms with Crippen molar-refractivity contribution in [3.8, 4) is 0 Å². The molecular weight excluding hydrogens is 334 g/mol. The molecule has 2 amide bonds. The minimum Gasteiger partial charge on any atom is -0.398 e. The van der Waals surface area contributed by atoms with Gasteiger partial charge in [0.15, 0.2) is 0 Å². The lowest BCUT2D eigenvalue weighted by molar-refractivity contribution is -0.130. The number of nitrogens with zero attached hydrogens (tertiary/aromatic N) is 1. The molecule has 0 saturated heterocycles. The van der Waals surface area contributed by atoms with Gasteiger partial charge >= 0.3 is 0 Å². The van der Waals surface area contributed by atoms with Gasteiger partial charge in [-0.2, -0.15) is 0 Å². The average molecular weight is 356 g/mol. The second-order valence-electron chi connectivity index (χ2n) is 4.74. The van der Waals surface area contributed by atoms with Crippen molar-refractivity contribution in [2.75, 3.05) is 25.4 Å². The van der Waals surface area contributed by atoms with Gasteiger partial charge in [0.25, 0.3) is 5.91 Å². The fraction of sp³-hybridized carbons (Fsp3) is 0.467. The van der Waals surface area contributed by atoms with Crippen LogP contribution >= 0.6 is 15.9 Å². The van der Waals surface area contributed by atoms with Gasteiger partial charge in [-0.25, -0.2) is 0 Å². The fourth-order valence-electron chi connectivity index (χ4n) is 2.05. The largest absolute Gasteiger partial charge is 0.398 e. The average Bonchev–Trinajstić information content (AvgIpc) is 2.44. The summed E-state index contributed by atoms with van der Waals surface area (Å²) in [6.45, 7) is 7.37. The molecule has 0 aromatic heterocycles. The van der Waals surface area contributed by atoms with Crippen LogP contribution in [0.2, 0.25) is 0 Å². The summed E-state index contributed by atoms with van der Waals surface area (Å²) in [5, 5.41) is 2.77. The summed E-state index contributed by atoms with van der Waals surface area (Å²) < 4.78 is 0.759. The molecule has 5 nitrogen and oxygen atoms in total. The molecule has 116 valence electrons. The Labute approximate surface area is 134 Å². The molecule has 0 fully saturated rings. The predicted octanol–water partition coefficient (Wildman–Crippen LogP) is 2.33. The van der Waals surface area contributed by atoms with Crippen LogP contribution in [0.5, 0.6) is 0 Å². The Morgan fingerprint density at radius 3 is 2.48 bits per heavy atom. The van der Waals surface area contributed by atoms with Gasteiger partial charge in [0.1, 0.15) is 0 Å². The molecular formula is C15H22BrN3O2. The van der Waals surface area contributed by atoms with Gasteiger partial charge in [-0.1, -0.05) is 15.9 Å². The number of amides is 2. The number of hydrogen-bond donors (Lipinski definition) is 2. The normalized spacial score (nSPS) is 10.3. The molecule has 0 atom stereocenters. The first-order chi connectivity index (χ1) is 9.90. The molecule has 6 heteroatoms. The van der Waals surface area contributed by atoms with Gasteiger partial charge in [0.05, 0.1) is 0 Å². The molecule has 1 aromatic rings. The van der Waals surface area contributed by atoms with Crippen LogP contribution in [0.4, 0.5) is 5.69 Å². The number of halogens is 1. The summed E-state index contributed by atoms with van der Waals surface area (Å²) in [6.07, 6.45) is 0.302. The molecule has 0 spiro atoms. The molecule has 3 N–H and O–H groups in total. The Kier molecular flexibility index (Phi) is 6.68. The SMILES string of the molecule is CCN(CC)C(=O)CCNC(=O)c1cc(Br)cc(N)c1C. The van der Waals surface area contributed by atoms with Gasteiger partial charge < -0.3 is 16.0 Å². The van der Waals surface area contributed by atoms with Crippen LogP contribution in [-0.4, -0.2) is 36.3 Å². The number of rotatable bonds is 6. The molecule has 0 bridgehead atoms. The van der Waals surface area contributed by atoms with Crippen molar-refractivity contribution in [3.63, 3.8) is 0 Å². The number of hydrogen-bond acceptors (Lipinski definition) is 3. The zero-order valence-electron chi connectivity index (χ0n) is 12.7. The molecule has 0 aliphatic rings. The van der Waals surface area contributed by atoms with Crippen molar-refractivity contribution in [1.82, 2.24) is 10.2 Å². The number of nitrogen functional groups attached to an aromatic ring is 1. The standard InChI is InChI=1S/C15H22BrN3O2/c1-4-19(5-2)14(20)6-7-18-15(21)12-8-11(16)9-13(17)10(12)3/h8-9H,4-7,17H2,1-3H3,(H,18,21). The van der Waals surface area contributed by atoms with E-state index in [0.29, 0.717) is 37.3 Å². The van der Waals surface area contributed by atoms with Gasteiger partial charge in [-0.3, -0.25) is 9.59 Å². The van der Waals surface area contributed by atoms with Crippen molar-refractivity contribution in [2.45, 2.75) is 27.2 Å². The zero-order chi connectivity index (χ0) is 16.0. The zero-order valence-corrected chi connectivity index (χ0v) is 14.3. The maximum Gasteiger partial charge on any atom is 0.251 e. The lowest BCUT2D eigenvalue weighted by Crippen LogP contribution is -2.34. The van der Waals surface area contributed by atoms with E-state index >= 15 is 0 Å². The van der Waals surface area contributed by atoms with Crippen LogP contribution in [-0.2, 0) is 4.79 Å². The van der Waals surface area contributed by atoms with E-state index < -0.39 is 0 Å². The molecule has 0 saturated carbocycles. The van der Waals surface area contributed by atoms with Crippen molar-refractivity contribution >= 4 is 33.4 Å². The smallest absolute Gasteiger partial charge is 0.251 e. The second-order valence-corrected chi connectivity index (χ2v) is 5.66. The van der Waals surface area contributed by atoms with Crippen LogP contribution in [0.15, 0.2) is 16.6 Å². The number of nitrogens with two attached hydrogens (primary N) is 1. The quantitative estimate of drug-likeness (QED) is 0.769. The summed E-state index contributed by atoms with van der Waals surface area (Å²) >= 11 is 3.32. The number of anilines is 1. The Balaban J connectivity index is 2.61. The monoisotopic (exact) mass is 355 g/mol. The molecule has 0 unspecified atom stereocenters. The second kappa shape index (κ2) is 8.02. The summed E-state index contributed by atoms with van der Waals surface area (Å²) in [7, 11) is 0. The van der Waals surface area contributed by atoms with E-state index in [1.165, 1.54) is 0 Å². The van der Waals surface area contributed by atoms with Crippen LogP contribution in [0, 0.1) is 6.92 Å². The number of benzene rings is 1. The minimum atomic E-state index is -0.215. The third kappa shape index (κ3) is 4.74. The highest BCUT2D eigenvalue weighted by Gasteiger charge is 2.13. The van der Waals surface area contributed by atoms with Crippen LogP contribution in [0.1, 0.15) is 36.2 Å². The fourth-order valence-corrected chi connectivity index (χ4v) is 2.52. The van der Waals surface area contributed by atoms with E-state index in [9.17, 15) is 9.59 Å². The number of nitrogens with one attached hydrogen (secondary N) is 1. The van der Waals surface area contributed by atoms with E-state index in [2.05, 4.69) is 21.2 Å². The lowest BCUT2D eigenvalue weighted by atomic mass is 10.1. The highest BCUT2D eigenvalue weighted by atomic mass is 79.9. The molecule has 1 aromatic carbocycles. The van der Waals surface area contributed by atoms with Crippen LogP contribution < -0.4 is 11.1 Å². The maximum absolute atomic E-state index is 12.1. The lowest BCUT2D eigenvalue weighted by Gasteiger charge is -2.18. The Morgan fingerprint density at radius 2 is 1.90 bits per heavy atom. The number of carbonyl (C=O) groups excluding carboxylic acids is 2. The van der Waals surface area contributed by atoms with Crippen LogP contribution in [0.25, 0.3) is 0 Å². The van der Waals surface area contributed by atoms with E-state index in [-0.39, 0.29) is 11.8 Å². The van der Waals surface area contributed by atoms with E-state index in [1.807, 2.05) is 13.8 Å². The van der Waals surface area contributed by atoms with E-state index in [1.54, 1.807) is 24.0 Å². The Hall–Kier alpha value is -1.56. The Morgan fingerprint density at radius 1 is 1.29 bits per heavy atom. The Bertz CT molecular complexity index is 528.